The summed E-state index contributed by atoms with van der Waals surface area (Å²) in [6.07, 6.45) is 4.84. The van der Waals surface area contributed by atoms with Gasteiger partial charge in [0.05, 0.1) is 0 Å². The van der Waals surface area contributed by atoms with Crippen molar-refractivity contribution in [3.05, 3.63) is 51.6 Å². The van der Waals surface area contributed by atoms with Gasteiger partial charge in [-0.2, -0.15) is 0 Å². The molecule has 0 unspecified atom stereocenters. The van der Waals surface area contributed by atoms with E-state index in [1.165, 1.54) is 0 Å². The maximum Gasteiger partial charge on any atom is 0.163 e. The van der Waals surface area contributed by atoms with Crippen LogP contribution >= 0.6 is 22.6 Å². The van der Waals surface area contributed by atoms with Crippen molar-refractivity contribution in [1.29, 1.82) is 0 Å². The molecule has 0 fully saturated rings. The van der Waals surface area contributed by atoms with Gasteiger partial charge in [-0.15, -0.1) is 0 Å². The minimum atomic E-state index is 0.171. The van der Waals surface area contributed by atoms with Crippen molar-refractivity contribution in [2.75, 3.05) is 0 Å². The molecule has 4 heteroatoms. The van der Waals surface area contributed by atoms with E-state index < -0.39 is 0 Å². The molecule has 0 atom stereocenters. The Labute approximate surface area is 114 Å². The number of halogens is 1. The van der Waals surface area contributed by atoms with Crippen LogP contribution in [0.2, 0.25) is 0 Å². The zero-order valence-corrected chi connectivity index (χ0v) is 11.7. The largest absolute Gasteiger partial charge is 0.338 e. The maximum absolute atomic E-state index is 11.9. The van der Waals surface area contributed by atoms with E-state index in [0.29, 0.717) is 12.8 Å². The van der Waals surface area contributed by atoms with Crippen LogP contribution in [0.1, 0.15) is 22.6 Å². The third-order valence-corrected chi connectivity index (χ3v) is 3.38. The lowest BCUT2D eigenvalue weighted by molar-refractivity contribution is 0.0982. The number of hydrogen-bond donors (Lipinski definition) is 0. The molecule has 1 aromatic carbocycles. The number of carbonyl (C=O) groups excluding carboxylic acids is 1. The lowest BCUT2D eigenvalue weighted by atomic mass is 10.1. The molecule has 0 radical (unpaired) electrons. The molecule has 0 N–H and O–H groups in total. The van der Waals surface area contributed by atoms with Crippen LogP contribution in [0.25, 0.3) is 0 Å². The quantitative estimate of drug-likeness (QED) is 0.634. The SMILES string of the molecule is Cn1ccnc1CCC(=O)c1ccc(I)cc1. The van der Waals surface area contributed by atoms with Gasteiger partial charge in [-0.3, -0.25) is 4.79 Å². The highest BCUT2D eigenvalue weighted by molar-refractivity contribution is 14.1. The molecule has 88 valence electrons. The van der Waals surface area contributed by atoms with Crippen molar-refractivity contribution in [3.63, 3.8) is 0 Å². The Hall–Kier alpha value is -1.17. The summed E-state index contributed by atoms with van der Waals surface area (Å²) in [5.41, 5.74) is 0.777. The predicted octanol–water partition coefficient (Wildman–Crippen LogP) is 2.84. The predicted molar refractivity (Wildman–Crippen MR) is 75.0 cm³/mol. The van der Waals surface area contributed by atoms with Gasteiger partial charge in [-0.25, -0.2) is 4.98 Å². The number of hydrogen-bond acceptors (Lipinski definition) is 2. The lowest BCUT2D eigenvalue weighted by Gasteiger charge is -2.02. The molecular formula is C13H13IN2O. The Morgan fingerprint density at radius 2 is 2.06 bits per heavy atom. The molecule has 0 aliphatic heterocycles. The standard InChI is InChI=1S/C13H13IN2O/c1-16-9-8-15-13(16)7-6-12(17)10-2-4-11(14)5-3-10/h2-5,8-9H,6-7H2,1H3. The van der Waals surface area contributed by atoms with Gasteiger partial charge in [0.15, 0.2) is 5.78 Å². The van der Waals surface area contributed by atoms with Crippen molar-refractivity contribution in [1.82, 2.24) is 9.55 Å². The van der Waals surface area contributed by atoms with Crippen LogP contribution < -0.4 is 0 Å². The van der Waals surface area contributed by atoms with Crippen LogP contribution in [0.4, 0.5) is 0 Å². The number of ketones is 1. The first kappa shape index (κ1) is 12.3. The number of rotatable bonds is 4. The number of aryl methyl sites for hydroxylation is 2. The number of benzene rings is 1. The summed E-state index contributed by atoms with van der Waals surface area (Å²) in [6, 6.07) is 7.66. The molecule has 0 aliphatic rings. The van der Waals surface area contributed by atoms with Crippen molar-refractivity contribution in [2.45, 2.75) is 12.8 Å². The van der Waals surface area contributed by atoms with E-state index in [2.05, 4.69) is 27.6 Å². The van der Waals surface area contributed by atoms with Crippen molar-refractivity contribution >= 4 is 28.4 Å². The highest BCUT2D eigenvalue weighted by atomic mass is 127. The molecule has 17 heavy (non-hydrogen) atoms. The second-order valence-electron chi connectivity index (χ2n) is 3.88. The van der Waals surface area contributed by atoms with Gasteiger partial charge in [0, 0.05) is 41.4 Å². The molecule has 0 saturated heterocycles. The summed E-state index contributed by atoms with van der Waals surface area (Å²) >= 11 is 2.23. The summed E-state index contributed by atoms with van der Waals surface area (Å²) in [5.74, 6) is 1.12. The molecule has 0 saturated carbocycles. The summed E-state index contributed by atoms with van der Waals surface area (Å²) in [7, 11) is 1.94. The Balaban J connectivity index is 1.98. The van der Waals surface area contributed by atoms with Crippen LogP contribution in [0.5, 0.6) is 0 Å². The average molecular weight is 340 g/mol. The van der Waals surface area contributed by atoms with E-state index in [4.69, 9.17) is 0 Å². The molecule has 2 rings (SSSR count). The highest BCUT2D eigenvalue weighted by Crippen LogP contribution is 2.10. The highest BCUT2D eigenvalue weighted by Gasteiger charge is 2.07. The molecule has 2 aromatic rings. The zero-order chi connectivity index (χ0) is 12.3. The van der Waals surface area contributed by atoms with Gasteiger partial charge in [-0.1, -0.05) is 12.1 Å². The first-order valence-corrected chi connectivity index (χ1v) is 6.49. The fourth-order valence-corrected chi connectivity index (χ4v) is 2.00. The van der Waals surface area contributed by atoms with E-state index in [-0.39, 0.29) is 5.78 Å². The van der Waals surface area contributed by atoms with Gasteiger partial charge in [0.1, 0.15) is 5.82 Å². The minimum absolute atomic E-state index is 0.171. The Morgan fingerprint density at radius 1 is 1.35 bits per heavy atom. The number of aromatic nitrogens is 2. The third kappa shape index (κ3) is 3.15. The van der Waals surface area contributed by atoms with Gasteiger partial charge < -0.3 is 4.57 Å². The lowest BCUT2D eigenvalue weighted by Crippen LogP contribution is -2.04. The number of nitrogens with zero attached hydrogens (tertiary/aromatic N) is 2. The average Bonchev–Trinajstić information content (AvgIpc) is 2.73. The van der Waals surface area contributed by atoms with Gasteiger partial charge in [-0.05, 0) is 34.7 Å². The topological polar surface area (TPSA) is 34.9 Å². The maximum atomic E-state index is 11.9. The zero-order valence-electron chi connectivity index (χ0n) is 9.56. The molecular weight excluding hydrogens is 327 g/mol. The van der Waals surface area contributed by atoms with E-state index in [0.717, 1.165) is 15.0 Å². The second-order valence-corrected chi connectivity index (χ2v) is 5.13. The fraction of sp³-hybridized carbons (Fsp3) is 0.231. The number of imidazole rings is 1. The summed E-state index contributed by atoms with van der Waals surface area (Å²) < 4.78 is 3.09. The molecule has 1 aromatic heterocycles. The summed E-state index contributed by atoms with van der Waals surface area (Å²) in [5, 5.41) is 0. The van der Waals surface area contributed by atoms with Crippen LogP contribution in [-0.2, 0) is 13.5 Å². The number of carbonyl (C=O) groups is 1. The first-order valence-electron chi connectivity index (χ1n) is 5.42. The van der Waals surface area contributed by atoms with Crippen LogP contribution in [0, 0.1) is 3.57 Å². The fourth-order valence-electron chi connectivity index (χ4n) is 1.64. The monoisotopic (exact) mass is 340 g/mol. The van der Waals surface area contributed by atoms with Crippen molar-refractivity contribution in [3.8, 4) is 0 Å². The Bertz CT molecular complexity index is 516. The smallest absolute Gasteiger partial charge is 0.163 e. The van der Waals surface area contributed by atoms with Crippen LogP contribution in [0.15, 0.2) is 36.7 Å². The van der Waals surface area contributed by atoms with Crippen LogP contribution in [0.3, 0.4) is 0 Å². The Morgan fingerprint density at radius 3 is 2.65 bits per heavy atom. The van der Waals surface area contributed by atoms with E-state index in [1.807, 2.05) is 42.1 Å². The van der Waals surface area contributed by atoms with Gasteiger partial charge in [0.2, 0.25) is 0 Å². The van der Waals surface area contributed by atoms with E-state index >= 15 is 0 Å². The Kier molecular flexibility index (Phi) is 3.93. The van der Waals surface area contributed by atoms with Gasteiger partial charge >= 0.3 is 0 Å². The first-order chi connectivity index (χ1) is 8.16. The molecule has 0 bridgehead atoms. The van der Waals surface area contributed by atoms with Crippen LogP contribution in [-0.4, -0.2) is 15.3 Å². The normalized spacial score (nSPS) is 10.5. The molecule has 1 heterocycles. The summed E-state index contributed by atoms with van der Waals surface area (Å²) in [6.45, 7) is 0. The third-order valence-electron chi connectivity index (χ3n) is 2.66. The van der Waals surface area contributed by atoms with E-state index in [9.17, 15) is 4.79 Å². The minimum Gasteiger partial charge on any atom is -0.338 e. The number of Topliss-reactive ketones (excluding diaryl/α,β-unsaturated/α-hetero) is 1. The van der Waals surface area contributed by atoms with Crippen molar-refractivity contribution in [2.24, 2.45) is 7.05 Å². The van der Waals surface area contributed by atoms with E-state index in [1.54, 1.807) is 6.20 Å². The van der Waals surface area contributed by atoms with Crippen molar-refractivity contribution < 1.29 is 4.79 Å². The summed E-state index contributed by atoms with van der Waals surface area (Å²) in [4.78, 5) is 16.1. The molecule has 3 nitrogen and oxygen atoms in total. The molecule has 0 aliphatic carbocycles. The molecule has 0 amide bonds. The second kappa shape index (κ2) is 5.44. The molecule has 0 spiro atoms. The van der Waals surface area contributed by atoms with Gasteiger partial charge in [0.25, 0.3) is 0 Å².